The number of carbonyl (C=O) groups is 1. The number of ketones is 1. The number of hydrogen-bond acceptors (Lipinski definition) is 6. The number of aromatic nitrogens is 2. The molecule has 0 fully saturated rings. The van der Waals surface area contributed by atoms with Crippen LogP contribution in [0.4, 0.5) is 0 Å². The van der Waals surface area contributed by atoms with Gasteiger partial charge in [-0.05, 0) is 6.92 Å². The van der Waals surface area contributed by atoms with E-state index in [1.807, 2.05) is 6.92 Å². The van der Waals surface area contributed by atoms with Gasteiger partial charge in [0.15, 0.2) is 0 Å². The van der Waals surface area contributed by atoms with Crippen molar-refractivity contribution in [2.45, 2.75) is 13.5 Å². The molecular formula is C9H9N3OS2. The lowest BCUT2D eigenvalue weighted by atomic mass is 10.2. The zero-order valence-corrected chi connectivity index (χ0v) is 9.69. The van der Waals surface area contributed by atoms with E-state index in [-0.39, 0.29) is 5.78 Å². The maximum absolute atomic E-state index is 11.8. The molecule has 0 saturated heterocycles. The van der Waals surface area contributed by atoms with Crippen LogP contribution in [-0.2, 0) is 6.54 Å². The van der Waals surface area contributed by atoms with E-state index < -0.39 is 0 Å². The molecule has 2 aromatic heterocycles. The Morgan fingerprint density at radius 3 is 2.53 bits per heavy atom. The highest BCUT2D eigenvalue weighted by molar-refractivity contribution is 7.10. The molecule has 0 saturated carbocycles. The lowest BCUT2D eigenvalue weighted by molar-refractivity contribution is 0.103. The Bertz CT molecular complexity index is 489. The van der Waals surface area contributed by atoms with Crippen LogP contribution in [0.2, 0.25) is 0 Å². The summed E-state index contributed by atoms with van der Waals surface area (Å²) < 4.78 is 0. The van der Waals surface area contributed by atoms with Crippen molar-refractivity contribution in [2.75, 3.05) is 0 Å². The summed E-state index contributed by atoms with van der Waals surface area (Å²) in [6.07, 6.45) is 0. The highest BCUT2D eigenvalue weighted by Crippen LogP contribution is 2.15. The molecule has 2 rings (SSSR count). The molecule has 0 aliphatic rings. The van der Waals surface area contributed by atoms with Crippen LogP contribution in [0.3, 0.4) is 0 Å². The number of rotatable bonds is 3. The minimum Gasteiger partial charge on any atom is -0.325 e. The van der Waals surface area contributed by atoms with E-state index in [1.165, 1.54) is 22.7 Å². The molecule has 15 heavy (non-hydrogen) atoms. The molecule has 0 bridgehead atoms. The van der Waals surface area contributed by atoms with E-state index in [4.69, 9.17) is 5.73 Å². The molecule has 4 nitrogen and oxygen atoms in total. The lowest BCUT2D eigenvalue weighted by Gasteiger charge is -1.90. The van der Waals surface area contributed by atoms with Crippen LogP contribution in [0.5, 0.6) is 0 Å². The predicted molar refractivity (Wildman–Crippen MR) is 60.3 cm³/mol. The highest BCUT2D eigenvalue weighted by Gasteiger charge is 2.15. The number of nitrogens with two attached hydrogens (primary N) is 1. The second kappa shape index (κ2) is 4.18. The van der Waals surface area contributed by atoms with Gasteiger partial charge in [-0.3, -0.25) is 4.79 Å². The molecule has 0 atom stereocenters. The molecule has 0 amide bonds. The topological polar surface area (TPSA) is 68.9 Å². The van der Waals surface area contributed by atoms with Crippen LogP contribution in [0.25, 0.3) is 0 Å². The average molecular weight is 239 g/mol. The van der Waals surface area contributed by atoms with Crippen LogP contribution < -0.4 is 5.73 Å². The summed E-state index contributed by atoms with van der Waals surface area (Å²) >= 11 is 2.86. The maximum Gasteiger partial charge on any atom is 0.231 e. The summed E-state index contributed by atoms with van der Waals surface area (Å²) in [5.41, 5.74) is 6.33. The molecule has 0 aliphatic heterocycles. The summed E-state index contributed by atoms with van der Waals surface area (Å²) in [5, 5.41) is 5.12. The average Bonchev–Trinajstić information content (AvgIpc) is 2.84. The normalized spacial score (nSPS) is 10.5. The van der Waals surface area contributed by atoms with E-state index in [9.17, 15) is 4.79 Å². The summed E-state index contributed by atoms with van der Waals surface area (Å²) in [7, 11) is 0. The van der Waals surface area contributed by atoms with E-state index in [2.05, 4.69) is 9.97 Å². The number of aryl methyl sites for hydroxylation is 1. The van der Waals surface area contributed by atoms with E-state index in [1.54, 1.807) is 10.8 Å². The molecule has 0 aromatic carbocycles. The third kappa shape index (κ3) is 2.11. The summed E-state index contributed by atoms with van der Waals surface area (Å²) in [6.45, 7) is 2.24. The maximum atomic E-state index is 11.8. The van der Waals surface area contributed by atoms with Gasteiger partial charge in [-0.25, -0.2) is 9.97 Å². The Labute approximate surface area is 94.8 Å². The van der Waals surface area contributed by atoms with Gasteiger partial charge in [-0.15, -0.1) is 22.7 Å². The van der Waals surface area contributed by atoms with Crippen molar-refractivity contribution in [3.8, 4) is 0 Å². The minimum atomic E-state index is -0.129. The number of hydrogen-bond donors (Lipinski definition) is 1. The van der Waals surface area contributed by atoms with Crippen molar-refractivity contribution in [3.05, 3.63) is 32.2 Å². The molecule has 0 radical (unpaired) electrons. The number of nitrogens with zero attached hydrogens (tertiary/aromatic N) is 2. The Kier molecular flexibility index (Phi) is 2.90. The fourth-order valence-electron chi connectivity index (χ4n) is 1.11. The molecule has 78 valence electrons. The largest absolute Gasteiger partial charge is 0.325 e. The quantitative estimate of drug-likeness (QED) is 0.826. The van der Waals surface area contributed by atoms with Gasteiger partial charge >= 0.3 is 0 Å². The fourth-order valence-corrected chi connectivity index (χ4v) is 2.36. The number of thiazole rings is 2. The number of carbonyl (C=O) groups excluding carboxylic acids is 1. The SMILES string of the molecule is Cc1nc(C(=O)c2csc(CN)n2)cs1. The standard InChI is InChI=1S/C9H9N3OS2/c1-5-11-6(3-14-5)9(13)7-4-15-8(2-10)12-7/h3-4H,2,10H2,1H3. The van der Waals surface area contributed by atoms with E-state index in [0.717, 1.165) is 10.0 Å². The van der Waals surface area contributed by atoms with Gasteiger partial charge < -0.3 is 5.73 Å². The van der Waals surface area contributed by atoms with Crippen LogP contribution in [0.15, 0.2) is 10.8 Å². The van der Waals surface area contributed by atoms with Crippen molar-refractivity contribution in [1.82, 2.24) is 9.97 Å². The van der Waals surface area contributed by atoms with Crippen LogP contribution in [0.1, 0.15) is 26.2 Å². The Balaban J connectivity index is 2.28. The lowest BCUT2D eigenvalue weighted by Crippen LogP contribution is -2.03. The first-order chi connectivity index (χ1) is 7.20. The Morgan fingerprint density at radius 2 is 2.00 bits per heavy atom. The molecule has 2 heterocycles. The zero-order valence-electron chi connectivity index (χ0n) is 8.06. The summed E-state index contributed by atoms with van der Waals surface area (Å²) in [6, 6.07) is 0. The first kappa shape index (κ1) is 10.4. The molecule has 0 unspecified atom stereocenters. The first-order valence-electron chi connectivity index (χ1n) is 4.32. The van der Waals surface area contributed by atoms with Crippen molar-refractivity contribution in [1.29, 1.82) is 0 Å². The minimum absolute atomic E-state index is 0.129. The summed E-state index contributed by atoms with van der Waals surface area (Å²) in [4.78, 5) is 20.1. The van der Waals surface area contributed by atoms with Gasteiger partial charge in [0.2, 0.25) is 5.78 Å². The monoisotopic (exact) mass is 239 g/mol. The van der Waals surface area contributed by atoms with Crippen molar-refractivity contribution in [2.24, 2.45) is 5.73 Å². The third-order valence-electron chi connectivity index (χ3n) is 1.81. The third-order valence-corrected chi connectivity index (χ3v) is 3.46. The summed E-state index contributed by atoms with van der Waals surface area (Å²) in [5.74, 6) is -0.129. The van der Waals surface area contributed by atoms with Gasteiger partial charge in [0, 0.05) is 17.3 Å². The van der Waals surface area contributed by atoms with Gasteiger partial charge in [0.05, 0.1) is 5.01 Å². The molecule has 2 aromatic rings. The van der Waals surface area contributed by atoms with Crippen molar-refractivity contribution in [3.63, 3.8) is 0 Å². The van der Waals surface area contributed by atoms with Gasteiger partial charge in [-0.1, -0.05) is 0 Å². The Hall–Kier alpha value is -1.11. The molecule has 2 N–H and O–H groups in total. The molecule has 0 spiro atoms. The Morgan fingerprint density at radius 1 is 1.33 bits per heavy atom. The molecule has 6 heteroatoms. The van der Waals surface area contributed by atoms with Crippen LogP contribution >= 0.6 is 22.7 Å². The second-order valence-corrected chi connectivity index (χ2v) is 4.92. The molecular weight excluding hydrogens is 230 g/mol. The zero-order chi connectivity index (χ0) is 10.8. The predicted octanol–water partition coefficient (Wildman–Crippen LogP) is 1.60. The van der Waals surface area contributed by atoms with Crippen LogP contribution in [0, 0.1) is 6.92 Å². The van der Waals surface area contributed by atoms with Gasteiger partial charge in [0.1, 0.15) is 16.4 Å². The highest BCUT2D eigenvalue weighted by atomic mass is 32.1. The van der Waals surface area contributed by atoms with Gasteiger partial charge in [0.25, 0.3) is 0 Å². The smallest absolute Gasteiger partial charge is 0.231 e. The fraction of sp³-hybridized carbons (Fsp3) is 0.222. The van der Waals surface area contributed by atoms with Crippen LogP contribution in [-0.4, -0.2) is 15.8 Å². The van der Waals surface area contributed by atoms with Gasteiger partial charge in [-0.2, -0.15) is 0 Å². The van der Waals surface area contributed by atoms with Crippen molar-refractivity contribution >= 4 is 28.5 Å². The second-order valence-electron chi connectivity index (χ2n) is 2.91. The van der Waals surface area contributed by atoms with E-state index in [0.29, 0.717) is 17.9 Å². The van der Waals surface area contributed by atoms with Crippen molar-refractivity contribution < 1.29 is 4.79 Å². The van der Waals surface area contributed by atoms with E-state index >= 15 is 0 Å². The first-order valence-corrected chi connectivity index (χ1v) is 6.08. The molecule has 0 aliphatic carbocycles.